The Hall–Kier alpha value is -2.71. The lowest BCUT2D eigenvalue weighted by Gasteiger charge is -2.26. The summed E-state index contributed by atoms with van der Waals surface area (Å²) in [7, 11) is -4.10. The third kappa shape index (κ3) is 4.86. The maximum atomic E-state index is 13.1. The highest BCUT2D eigenvalue weighted by Crippen LogP contribution is 2.28. The number of rotatable bonds is 6. The molecule has 1 unspecified atom stereocenters. The SMILES string of the molecule is Cc1ccc(S(=O)(=O)N2C(=O)CCC2C(=O)Nc2ccc(CN3CCCCC3)cc2)cc1. The summed E-state index contributed by atoms with van der Waals surface area (Å²) >= 11 is 0. The highest BCUT2D eigenvalue weighted by Gasteiger charge is 2.44. The maximum absolute atomic E-state index is 13.1. The van der Waals surface area contributed by atoms with Crippen LogP contribution in [-0.2, 0) is 26.2 Å². The molecule has 2 aromatic rings. The fourth-order valence-electron chi connectivity index (χ4n) is 4.32. The monoisotopic (exact) mass is 455 g/mol. The van der Waals surface area contributed by atoms with Crippen LogP contribution in [-0.4, -0.2) is 48.6 Å². The second kappa shape index (κ2) is 9.42. The molecule has 1 atom stereocenters. The minimum absolute atomic E-state index is 0.0122. The average molecular weight is 456 g/mol. The number of amides is 2. The van der Waals surface area contributed by atoms with Crippen LogP contribution in [0.25, 0.3) is 0 Å². The Bertz CT molecular complexity index is 1080. The second-order valence-electron chi connectivity index (χ2n) is 8.59. The number of piperidine rings is 1. The predicted molar refractivity (Wildman–Crippen MR) is 122 cm³/mol. The minimum atomic E-state index is -4.10. The van der Waals surface area contributed by atoms with Gasteiger partial charge in [-0.1, -0.05) is 36.2 Å². The average Bonchev–Trinajstić information content (AvgIpc) is 3.18. The van der Waals surface area contributed by atoms with Crippen molar-refractivity contribution in [2.75, 3.05) is 18.4 Å². The van der Waals surface area contributed by atoms with Crippen molar-refractivity contribution in [3.05, 3.63) is 59.7 Å². The first kappa shape index (κ1) is 22.5. The molecule has 32 heavy (non-hydrogen) atoms. The van der Waals surface area contributed by atoms with Crippen molar-refractivity contribution in [2.45, 2.75) is 56.5 Å². The Morgan fingerprint density at radius 3 is 2.31 bits per heavy atom. The number of carbonyl (C=O) groups excluding carboxylic acids is 2. The van der Waals surface area contributed by atoms with Gasteiger partial charge in [-0.2, -0.15) is 0 Å². The van der Waals surface area contributed by atoms with Crippen molar-refractivity contribution in [3.63, 3.8) is 0 Å². The van der Waals surface area contributed by atoms with Gasteiger partial charge in [0.25, 0.3) is 10.0 Å². The molecule has 7 nitrogen and oxygen atoms in total. The first-order valence-electron chi connectivity index (χ1n) is 11.1. The van der Waals surface area contributed by atoms with Crippen molar-refractivity contribution < 1.29 is 18.0 Å². The standard InChI is InChI=1S/C24H29N3O4S/c1-18-5-11-21(12-6-18)32(30,31)27-22(13-14-23(27)28)24(29)25-20-9-7-19(8-10-20)17-26-15-3-2-4-16-26/h5-12,22H,2-4,13-17H2,1H3,(H,25,29). The predicted octanol–water partition coefficient (Wildman–Crippen LogP) is 3.30. The van der Waals surface area contributed by atoms with Crippen LogP contribution in [0.2, 0.25) is 0 Å². The summed E-state index contributed by atoms with van der Waals surface area (Å²) in [5.41, 5.74) is 2.67. The largest absolute Gasteiger partial charge is 0.324 e. The number of benzene rings is 2. The first-order valence-corrected chi connectivity index (χ1v) is 12.5. The van der Waals surface area contributed by atoms with Crippen molar-refractivity contribution in [1.29, 1.82) is 0 Å². The van der Waals surface area contributed by atoms with Crippen LogP contribution in [0.5, 0.6) is 0 Å². The van der Waals surface area contributed by atoms with Crippen LogP contribution in [0.4, 0.5) is 5.69 Å². The summed E-state index contributed by atoms with van der Waals surface area (Å²) in [6.07, 6.45) is 3.95. The summed E-state index contributed by atoms with van der Waals surface area (Å²) in [6.45, 7) is 4.96. The Morgan fingerprint density at radius 2 is 1.66 bits per heavy atom. The molecule has 0 aliphatic carbocycles. The van der Waals surface area contributed by atoms with E-state index in [-0.39, 0.29) is 17.7 Å². The van der Waals surface area contributed by atoms with Crippen LogP contribution in [0.3, 0.4) is 0 Å². The summed E-state index contributed by atoms with van der Waals surface area (Å²) in [5.74, 6) is -1.04. The lowest BCUT2D eigenvalue weighted by molar-refractivity contribution is -0.128. The lowest BCUT2D eigenvalue weighted by Crippen LogP contribution is -2.45. The summed E-state index contributed by atoms with van der Waals surface area (Å²) in [4.78, 5) is 27.8. The zero-order chi connectivity index (χ0) is 22.7. The number of likely N-dealkylation sites (tertiary alicyclic amines) is 1. The Balaban J connectivity index is 1.45. The number of anilines is 1. The Morgan fingerprint density at radius 1 is 1.00 bits per heavy atom. The summed E-state index contributed by atoms with van der Waals surface area (Å²) in [6, 6.07) is 12.8. The van der Waals surface area contributed by atoms with Crippen molar-refractivity contribution in [1.82, 2.24) is 9.21 Å². The molecule has 170 valence electrons. The molecule has 8 heteroatoms. The number of hydrogen-bond acceptors (Lipinski definition) is 5. The van der Waals surface area contributed by atoms with Crippen molar-refractivity contribution >= 4 is 27.5 Å². The lowest BCUT2D eigenvalue weighted by atomic mass is 10.1. The molecular formula is C24H29N3O4S. The Labute approximate surface area is 189 Å². The van der Waals surface area contributed by atoms with E-state index in [9.17, 15) is 18.0 Å². The van der Waals surface area contributed by atoms with Gasteiger partial charge in [-0.25, -0.2) is 12.7 Å². The number of carbonyl (C=O) groups is 2. The van der Waals surface area contributed by atoms with Crippen molar-refractivity contribution in [3.8, 4) is 0 Å². The van der Waals surface area contributed by atoms with E-state index < -0.39 is 27.9 Å². The second-order valence-corrected chi connectivity index (χ2v) is 10.4. The molecule has 0 aromatic heterocycles. The molecule has 0 bridgehead atoms. The molecule has 2 aliphatic rings. The molecule has 0 saturated carbocycles. The molecule has 2 heterocycles. The van der Waals surface area contributed by atoms with Gasteiger partial charge >= 0.3 is 0 Å². The number of sulfonamides is 1. The highest BCUT2D eigenvalue weighted by atomic mass is 32.2. The van der Waals surface area contributed by atoms with E-state index in [0.717, 1.165) is 29.5 Å². The van der Waals surface area contributed by atoms with Gasteiger partial charge in [0, 0.05) is 18.7 Å². The smallest absolute Gasteiger partial charge is 0.267 e. The van der Waals surface area contributed by atoms with E-state index >= 15 is 0 Å². The van der Waals surface area contributed by atoms with Crippen LogP contribution in [0, 0.1) is 6.92 Å². The fourth-order valence-corrected chi connectivity index (χ4v) is 5.92. The molecule has 2 fully saturated rings. The van der Waals surface area contributed by atoms with Gasteiger partial charge in [0.2, 0.25) is 11.8 Å². The van der Waals surface area contributed by atoms with Gasteiger partial charge < -0.3 is 5.32 Å². The zero-order valence-electron chi connectivity index (χ0n) is 18.3. The highest BCUT2D eigenvalue weighted by molar-refractivity contribution is 7.89. The zero-order valence-corrected chi connectivity index (χ0v) is 19.1. The van der Waals surface area contributed by atoms with Gasteiger partial charge in [-0.05, 0) is 69.1 Å². The van der Waals surface area contributed by atoms with E-state index in [1.807, 2.05) is 31.2 Å². The molecule has 0 spiro atoms. The molecule has 0 radical (unpaired) electrons. The number of nitrogens with one attached hydrogen (secondary N) is 1. The normalized spacial score (nSPS) is 19.8. The van der Waals surface area contributed by atoms with Crippen LogP contribution in [0.15, 0.2) is 53.4 Å². The van der Waals surface area contributed by atoms with Gasteiger partial charge in [0.05, 0.1) is 4.90 Å². The fraction of sp³-hybridized carbons (Fsp3) is 0.417. The van der Waals surface area contributed by atoms with Gasteiger partial charge in [-0.15, -0.1) is 0 Å². The summed E-state index contributed by atoms with van der Waals surface area (Å²) in [5, 5.41) is 2.79. The molecule has 1 N–H and O–H groups in total. The van der Waals surface area contributed by atoms with E-state index in [0.29, 0.717) is 5.69 Å². The van der Waals surface area contributed by atoms with E-state index in [1.165, 1.54) is 37.0 Å². The third-order valence-corrected chi connectivity index (χ3v) is 7.96. The van der Waals surface area contributed by atoms with Crippen LogP contribution >= 0.6 is 0 Å². The first-order chi connectivity index (χ1) is 15.3. The molecular weight excluding hydrogens is 426 g/mol. The van der Waals surface area contributed by atoms with E-state index in [4.69, 9.17) is 0 Å². The van der Waals surface area contributed by atoms with Gasteiger partial charge in [0.15, 0.2) is 0 Å². The Kier molecular flexibility index (Phi) is 6.62. The van der Waals surface area contributed by atoms with E-state index in [1.54, 1.807) is 12.1 Å². The van der Waals surface area contributed by atoms with Crippen molar-refractivity contribution in [2.24, 2.45) is 0 Å². The number of aryl methyl sites for hydroxylation is 1. The quantitative estimate of drug-likeness (QED) is 0.722. The van der Waals surface area contributed by atoms with Gasteiger partial charge in [0.1, 0.15) is 6.04 Å². The molecule has 2 saturated heterocycles. The molecule has 2 aliphatic heterocycles. The number of hydrogen-bond donors (Lipinski definition) is 1. The maximum Gasteiger partial charge on any atom is 0.267 e. The van der Waals surface area contributed by atoms with Gasteiger partial charge in [-0.3, -0.25) is 14.5 Å². The van der Waals surface area contributed by atoms with Crippen LogP contribution < -0.4 is 5.32 Å². The minimum Gasteiger partial charge on any atom is -0.324 e. The molecule has 2 amide bonds. The molecule has 4 rings (SSSR count). The molecule has 2 aromatic carbocycles. The summed E-state index contributed by atoms with van der Waals surface area (Å²) < 4.78 is 26.9. The number of nitrogens with zero attached hydrogens (tertiary/aromatic N) is 2. The topological polar surface area (TPSA) is 86.8 Å². The van der Waals surface area contributed by atoms with Crippen LogP contribution in [0.1, 0.15) is 43.2 Å². The third-order valence-electron chi connectivity index (χ3n) is 6.12. The van der Waals surface area contributed by atoms with E-state index in [2.05, 4.69) is 10.2 Å².